The molecule has 0 atom stereocenters. The van der Waals surface area contributed by atoms with Crippen LogP contribution in [-0.4, -0.2) is 21.3 Å². The molecule has 0 N–H and O–H groups in total. The summed E-state index contributed by atoms with van der Waals surface area (Å²) in [7, 11) is 0. The van der Waals surface area contributed by atoms with Crippen LogP contribution >= 0.6 is 0 Å². The second-order valence-corrected chi connectivity index (χ2v) is 7.66. The van der Waals surface area contributed by atoms with E-state index in [2.05, 4.69) is 4.98 Å². The molecule has 0 saturated carbocycles. The molecule has 0 aliphatic heterocycles. The molecule has 0 saturated heterocycles. The first-order chi connectivity index (χ1) is 14.8. The summed E-state index contributed by atoms with van der Waals surface area (Å²) in [6.07, 6.45) is 1.32. The Balaban J connectivity index is 1.56. The molecular formula is C24H22N2O5. The van der Waals surface area contributed by atoms with Crippen molar-refractivity contribution in [3.05, 3.63) is 74.8 Å². The zero-order valence-corrected chi connectivity index (χ0v) is 17.8. The van der Waals surface area contributed by atoms with E-state index in [-0.39, 0.29) is 24.5 Å². The second kappa shape index (κ2) is 7.83. The van der Waals surface area contributed by atoms with Crippen molar-refractivity contribution >= 4 is 33.8 Å². The van der Waals surface area contributed by atoms with Gasteiger partial charge < -0.3 is 9.15 Å². The topological polar surface area (TPSA) is 91.4 Å². The maximum absolute atomic E-state index is 12.8. The van der Waals surface area contributed by atoms with Gasteiger partial charge in [0.1, 0.15) is 24.3 Å². The van der Waals surface area contributed by atoms with Gasteiger partial charge in [-0.2, -0.15) is 0 Å². The van der Waals surface area contributed by atoms with E-state index in [1.54, 1.807) is 6.07 Å². The van der Waals surface area contributed by atoms with E-state index in [4.69, 9.17) is 9.15 Å². The molecule has 2 heterocycles. The average Bonchev–Trinajstić information content (AvgIpc) is 3.09. The molecule has 0 unspecified atom stereocenters. The molecule has 4 aromatic rings. The van der Waals surface area contributed by atoms with Gasteiger partial charge in [0.05, 0.1) is 6.33 Å². The van der Waals surface area contributed by atoms with E-state index in [1.807, 2.05) is 45.0 Å². The lowest BCUT2D eigenvalue weighted by atomic mass is 9.92. The average molecular weight is 418 g/mol. The molecule has 158 valence electrons. The molecular weight excluding hydrogens is 396 g/mol. The van der Waals surface area contributed by atoms with Gasteiger partial charge in [0, 0.05) is 10.9 Å². The molecule has 0 bridgehead atoms. The van der Waals surface area contributed by atoms with Crippen LogP contribution < -0.4 is 5.56 Å². The fraction of sp³-hybridized carbons (Fsp3) is 0.250. The zero-order valence-electron chi connectivity index (χ0n) is 17.8. The third kappa shape index (κ3) is 3.63. The first kappa shape index (κ1) is 20.5. The molecule has 0 aliphatic carbocycles. The van der Waals surface area contributed by atoms with Crippen LogP contribution in [0.15, 0.2) is 45.9 Å². The van der Waals surface area contributed by atoms with Gasteiger partial charge >= 0.3 is 5.97 Å². The van der Waals surface area contributed by atoms with E-state index < -0.39 is 11.5 Å². The number of carbonyl (C=O) groups excluding carboxylic acids is 2. The quantitative estimate of drug-likeness (QED) is 0.359. The highest BCUT2D eigenvalue weighted by Crippen LogP contribution is 2.25. The lowest BCUT2D eigenvalue weighted by molar-refractivity contribution is -0.145. The smallest absolute Gasteiger partial charge is 0.326 e. The number of ether oxygens (including phenoxy) is 1. The Kier molecular flexibility index (Phi) is 5.19. The molecule has 31 heavy (non-hydrogen) atoms. The molecule has 0 amide bonds. The number of furan rings is 1. The summed E-state index contributed by atoms with van der Waals surface area (Å²) in [4.78, 5) is 41.5. The van der Waals surface area contributed by atoms with E-state index in [1.165, 1.54) is 17.8 Å². The summed E-state index contributed by atoms with van der Waals surface area (Å²) < 4.78 is 12.2. The fourth-order valence-electron chi connectivity index (χ4n) is 4.06. The lowest BCUT2D eigenvalue weighted by Gasteiger charge is -2.16. The lowest BCUT2D eigenvalue weighted by Crippen LogP contribution is -2.25. The first-order valence-corrected chi connectivity index (χ1v) is 9.91. The number of esters is 1. The number of carbonyl (C=O) groups is 2. The highest BCUT2D eigenvalue weighted by Gasteiger charge is 2.17. The monoisotopic (exact) mass is 418 g/mol. The van der Waals surface area contributed by atoms with E-state index in [0.29, 0.717) is 16.7 Å². The minimum absolute atomic E-state index is 0.0200. The van der Waals surface area contributed by atoms with Crippen molar-refractivity contribution in [1.82, 2.24) is 9.55 Å². The number of benzene rings is 2. The number of ketones is 1. The van der Waals surface area contributed by atoms with Crippen LogP contribution in [0.5, 0.6) is 0 Å². The summed E-state index contributed by atoms with van der Waals surface area (Å²) in [6, 6.07) is 9.16. The Hall–Kier alpha value is -3.74. The fourth-order valence-corrected chi connectivity index (χ4v) is 4.06. The van der Waals surface area contributed by atoms with Gasteiger partial charge in [-0.25, -0.2) is 4.98 Å². The normalized spacial score (nSPS) is 11.2. The zero-order chi connectivity index (χ0) is 22.3. The minimum atomic E-state index is -0.580. The largest absolute Gasteiger partial charge is 0.459 e. The summed E-state index contributed by atoms with van der Waals surface area (Å²) in [6.45, 7) is 6.91. The number of rotatable bonds is 5. The molecule has 0 radical (unpaired) electrons. The van der Waals surface area contributed by atoms with Crippen LogP contribution in [-0.2, 0) is 22.7 Å². The Bertz CT molecular complexity index is 1410. The number of aryl methyl sites for hydroxylation is 2. The number of para-hydroxylation sites is 1. The molecule has 0 spiro atoms. The second-order valence-electron chi connectivity index (χ2n) is 7.66. The van der Waals surface area contributed by atoms with Crippen LogP contribution in [0.1, 0.15) is 39.5 Å². The van der Waals surface area contributed by atoms with Crippen molar-refractivity contribution in [2.24, 2.45) is 0 Å². The predicted molar refractivity (Wildman–Crippen MR) is 116 cm³/mol. The van der Waals surface area contributed by atoms with Crippen LogP contribution in [0, 0.1) is 20.8 Å². The number of aromatic nitrogens is 2. The van der Waals surface area contributed by atoms with Gasteiger partial charge in [0.15, 0.2) is 5.78 Å². The summed E-state index contributed by atoms with van der Waals surface area (Å²) >= 11 is 0. The molecule has 2 aromatic carbocycles. The third-order valence-electron chi connectivity index (χ3n) is 5.51. The van der Waals surface area contributed by atoms with Crippen molar-refractivity contribution < 1.29 is 18.7 Å². The Morgan fingerprint density at radius 3 is 2.61 bits per heavy atom. The SMILES string of the molecule is CC(=O)c1c(C)cc(C)c(COC(=O)Cn2cnc3c(oc4ccccc43)c2=O)c1C. The molecule has 2 aromatic heterocycles. The van der Waals surface area contributed by atoms with Crippen molar-refractivity contribution in [2.45, 2.75) is 40.8 Å². The highest BCUT2D eigenvalue weighted by atomic mass is 16.5. The maximum atomic E-state index is 12.8. The van der Waals surface area contributed by atoms with Gasteiger partial charge in [-0.1, -0.05) is 18.2 Å². The molecule has 4 rings (SSSR count). The maximum Gasteiger partial charge on any atom is 0.326 e. The van der Waals surface area contributed by atoms with E-state index in [0.717, 1.165) is 27.6 Å². The Labute approximate surface area is 178 Å². The summed E-state index contributed by atoms with van der Waals surface area (Å²) in [5.74, 6) is -0.609. The molecule has 0 fully saturated rings. The molecule has 0 aliphatic rings. The number of Topliss-reactive ketones (excluding diaryl/α,β-unsaturated/α-hetero) is 1. The van der Waals surface area contributed by atoms with Crippen molar-refractivity contribution in [3.8, 4) is 0 Å². The molecule has 7 heteroatoms. The van der Waals surface area contributed by atoms with Gasteiger partial charge in [-0.3, -0.25) is 19.0 Å². The van der Waals surface area contributed by atoms with Crippen molar-refractivity contribution in [1.29, 1.82) is 0 Å². The van der Waals surface area contributed by atoms with Gasteiger partial charge in [-0.05, 0) is 62.1 Å². The number of hydrogen-bond acceptors (Lipinski definition) is 6. The van der Waals surface area contributed by atoms with E-state index >= 15 is 0 Å². The summed E-state index contributed by atoms with van der Waals surface area (Å²) in [5.41, 5.74) is 4.77. The van der Waals surface area contributed by atoms with Crippen molar-refractivity contribution in [3.63, 3.8) is 0 Å². The Morgan fingerprint density at radius 2 is 1.87 bits per heavy atom. The van der Waals surface area contributed by atoms with Crippen LogP contribution in [0.2, 0.25) is 0 Å². The number of hydrogen-bond donors (Lipinski definition) is 0. The standard InChI is InChI=1S/C24H22N2O5/c1-13-9-14(2)21(16(4)27)15(3)18(13)11-30-20(28)10-26-12-25-22-17-7-5-6-8-19(17)31-23(22)24(26)29/h5-9,12H,10-11H2,1-4H3. The van der Waals surface area contributed by atoms with Crippen molar-refractivity contribution in [2.75, 3.05) is 0 Å². The van der Waals surface area contributed by atoms with E-state index in [9.17, 15) is 14.4 Å². The highest BCUT2D eigenvalue weighted by molar-refractivity contribution is 6.01. The Morgan fingerprint density at radius 1 is 1.13 bits per heavy atom. The number of fused-ring (bicyclic) bond motifs is 3. The molecule has 7 nitrogen and oxygen atoms in total. The predicted octanol–water partition coefficient (Wildman–Crippen LogP) is 4.01. The summed E-state index contributed by atoms with van der Waals surface area (Å²) in [5, 5.41) is 0.746. The first-order valence-electron chi connectivity index (χ1n) is 9.91. The van der Waals surface area contributed by atoms with Crippen LogP contribution in [0.4, 0.5) is 0 Å². The van der Waals surface area contributed by atoms with Crippen LogP contribution in [0.25, 0.3) is 22.1 Å². The van der Waals surface area contributed by atoms with Crippen LogP contribution in [0.3, 0.4) is 0 Å². The minimum Gasteiger partial charge on any atom is -0.459 e. The van der Waals surface area contributed by atoms with Gasteiger partial charge in [0.25, 0.3) is 5.56 Å². The van der Waals surface area contributed by atoms with Gasteiger partial charge in [-0.15, -0.1) is 0 Å². The van der Waals surface area contributed by atoms with Gasteiger partial charge in [0.2, 0.25) is 5.58 Å². The number of nitrogens with zero attached hydrogens (tertiary/aromatic N) is 2. The third-order valence-corrected chi connectivity index (χ3v) is 5.51.